The molecule has 0 bridgehead atoms. The Bertz CT molecular complexity index is 1010. The van der Waals surface area contributed by atoms with E-state index in [0.717, 1.165) is 10.8 Å². The Hall–Kier alpha value is -1.34. The first-order valence-electron chi connectivity index (χ1n) is 9.41. The maximum atomic E-state index is 12.3. The molecule has 20 heteroatoms. The first kappa shape index (κ1) is 27.3. The molecule has 3 heterocycles. The van der Waals surface area contributed by atoms with Gasteiger partial charge in [0.25, 0.3) is 0 Å². The van der Waals surface area contributed by atoms with Crippen LogP contribution in [0.3, 0.4) is 0 Å². The Morgan fingerprint density at radius 1 is 0.971 bits per heavy atom. The van der Waals surface area contributed by atoms with Crippen LogP contribution < -0.4 is 11.4 Å². The van der Waals surface area contributed by atoms with Crippen molar-refractivity contribution in [1.29, 1.82) is 0 Å². The number of anilines is 1. The number of hydrogen-bond donors (Lipinski definition) is 8. The number of nitrogen functional groups attached to an aromatic ring is 1. The van der Waals surface area contributed by atoms with Crippen molar-refractivity contribution in [2.75, 3.05) is 18.9 Å². The predicted octanol–water partition coefficient (Wildman–Crippen LogP) is -3.87. The lowest BCUT2D eigenvalue weighted by Gasteiger charge is -2.26. The standard InChI is InChI=1S/C14H23N3O15P2/c15-7-1-2-17(14(21)16-7)12-11(9(19)6(30-12)4-29-34(25,26)27)32-13-10(20)8(18)5(31-13)3-28-33(22,23)24/h1-2,5-6,8-13,18-20H,3-4H2,(H2,15,16,21)(H2,22,23,24)(H2,25,26,27)/t5-,6-,8-,9-,10-,11-,12-,13+/m1/s1. The number of phosphoric acid groups is 2. The van der Waals surface area contributed by atoms with Crippen molar-refractivity contribution >= 4 is 21.5 Å². The van der Waals surface area contributed by atoms with Gasteiger partial charge < -0.3 is 54.8 Å². The van der Waals surface area contributed by atoms with Gasteiger partial charge in [-0.2, -0.15) is 4.98 Å². The zero-order valence-electron chi connectivity index (χ0n) is 17.0. The second-order valence-electron chi connectivity index (χ2n) is 7.30. The molecule has 194 valence electrons. The van der Waals surface area contributed by atoms with Crippen LogP contribution in [0.2, 0.25) is 0 Å². The largest absolute Gasteiger partial charge is 0.469 e. The van der Waals surface area contributed by atoms with E-state index in [2.05, 4.69) is 14.0 Å². The summed E-state index contributed by atoms with van der Waals surface area (Å²) in [6.45, 7) is -1.65. The fraction of sp³-hybridized carbons (Fsp3) is 0.714. The Morgan fingerprint density at radius 3 is 2.06 bits per heavy atom. The summed E-state index contributed by atoms with van der Waals surface area (Å²) in [4.78, 5) is 51.2. The fourth-order valence-corrected chi connectivity index (χ4v) is 3.99. The van der Waals surface area contributed by atoms with Crippen molar-refractivity contribution in [2.45, 2.75) is 49.1 Å². The van der Waals surface area contributed by atoms with Crippen molar-refractivity contribution < 1.29 is 67.3 Å². The van der Waals surface area contributed by atoms with Crippen LogP contribution in [-0.2, 0) is 32.4 Å². The molecule has 2 fully saturated rings. The predicted molar refractivity (Wildman–Crippen MR) is 104 cm³/mol. The van der Waals surface area contributed by atoms with Gasteiger partial charge in [0.1, 0.15) is 42.4 Å². The third-order valence-electron chi connectivity index (χ3n) is 4.86. The number of nitrogens with zero attached hydrogens (tertiary/aromatic N) is 2. The summed E-state index contributed by atoms with van der Waals surface area (Å²) in [6.07, 6.45) is -11.7. The zero-order valence-corrected chi connectivity index (χ0v) is 18.7. The van der Waals surface area contributed by atoms with Gasteiger partial charge in [0, 0.05) is 6.20 Å². The first-order chi connectivity index (χ1) is 15.7. The second kappa shape index (κ2) is 10.3. The molecule has 0 radical (unpaired) electrons. The molecule has 2 aliphatic heterocycles. The molecule has 2 saturated heterocycles. The highest BCUT2D eigenvalue weighted by molar-refractivity contribution is 7.46. The maximum absolute atomic E-state index is 12.3. The molecule has 0 amide bonds. The van der Waals surface area contributed by atoms with Crippen molar-refractivity contribution in [3.63, 3.8) is 0 Å². The fourth-order valence-electron chi connectivity index (χ4n) is 3.31. The summed E-state index contributed by atoms with van der Waals surface area (Å²) < 4.78 is 47.6. The van der Waals surface area contributed by atoms with Gasteiger partial charge in [-0.05, 0) is 6.07 Å². The Labute approximate surface area is 189 Å². The minimum absolute atomic E-state index is 0.135. The number of nitrogens with two attached hydrogens (primary N) is 1. The lowest BCUT2D eigenvalue weighted by Crippen LogP contribution is -2.43. The topological polar surface area (TPSA) is 283 Å². The van der Waals surface area contributed by atoms with E-state index in [4.69, 9.17) is 39.5 Å². The van der Waals surface area contributed by atoms with Crippen LogP contribution in [-0.4, -0.2) is 101 Å². The van der Waals surface area contributed by atoms with Crippen LogP contribution in [0.4, 0.5) is 5.82 Å². The first-order valence-corrected chi connectivity index (χ1v) is 12.5. The number of hydrogen-bond acceptors (Lipinski definition) is 13. The summed E-state index contributed by atoms with van der Waals surface area (Å²) in [7, 11) is -9.87. The summed E-state index contributed by atoms with van der Waals surface area (Å²) >= 11 is 0. The third-order valence-corrected chi connectivity index (χ3v) is 5.83. The molecule has 0 unspecified atom stereocenters. The molecule has 3 rings (SSSR count). The average Bonchev–Trinajstić information content (AvgIpc) is 3.15. The Balaban J connectivity index is 1.81. The molecule has 0 aromatic carbocycles. The molecule has 34 heavy (non-hydrogen) atoms. The van der Waals surface area contributed by atoms with Crippen molar-refractivity contribution in [3.8, 4) is 0 Å². The summed E-state index contributed by atoms with van der Waals surface area (Å²) in [6, 6.07) is 1.22. The van der Waals surface area contributed by atoms with Gasteiger partial charge in [-0.1, -0.05) is 0 Å². The molecular formula is C14H23N3O15P2. The van der Waals surface area contributed by atoms with Crippen LogP contribution in [0.15, 0.2) is 17.1 Å². The van der Waals surface area contributed by atoms with E-state index in [0.29, 0.717) is 0 Å². The molecular weight excluding hydrogens is 512 g/mol. The average molecular weight is 535 g/mol. The number of aromatic nitrogens is 2. The van der Waals surface area contributed by atoms with Crippen molar-refractivity contribution in [1.82, 2.24) is 9.55 Å². The molecule has 2 aliphatic rings. The summed E-state index contributed by atoms with van der Waals surface area (Å²) in [5, 5.41) is 31.0. The minimum atomic E-state index is -4.95. The maximum Gasteiger partial charge on any atom is 0.469 e. The Kier molecular flexibility index (Phi) is 8.28. The van der Waals surface area contributed by atoms with Crippen LogP contribution in [0, 0.1) is 0 Å². The lowest BCUT2D eigenvalue weighted by molar-refractivity contribution is -0.219. The van der Waals surface area contributed by atoms with E-state index in [1.165, 1.54) is 6.07 Å². The quantitative estimate of drug-likeness (QED) is 0.140. The van der Waals surface area contributed by atoms with E-state index in [-0.39, 0.29) is 5.82 Å². The lowest BCUT2D eigenvalue weighted by atomic mass is 10.1. The highest BCUT2D eigenvalue weighted by Crippen LogP contribution is 2.40. The highest BCUT2D eigenvalue weighted by atomic mass is 31.2. The number of phosphoric ester groups is 2. The summed E-state index contributed by atoms with van der Waals surface area (Å²) in [5.74, 6) is -0.135. The molecule has 9 N–H and O–H groups in total. The number of ether oxygens (including phenoxy) is 3. The zero-order chi connectivity index (χ0) is 25.4. The van der Waals surface area contributed by atoms with E-state index < -0.39 is 83.7 Å². The molecule has 0 spiro atoms. The third kappa shape index (κ3) is 6.66. The normalized spacial score (nSPS) is 34.6. The van der Waals surface area contributed by atoms with Gasteiger partial charge >= 0.3 is 21.3 Å². The highest BCUT2D eigenvalue weighted by Gasteiger charge is 2.52. The van der Waals surface area contributed by atoms with Gasteiger partial charge in [0.15, 0.2) is 12.5 Å². The van der Waals surface area contributed by atoms with Crippen LogP contribution >= 0.6 is 15.6 Å². The molecule has 18 nitrogen and oxygen atoms in total. The van der Waals surface area contributed by atoms with Gasteiger partial charge in [-0.3, -0.25) is 13.6 Å². The smallest absolute Gasteiger partial charge is 0.387 e. The van der Waals surface area contributed by atoms with Crippen LogP contribution in [0.5, 0.6) is 0 Å². The van der Waals surface area contributed by atoms with Gasteiger partial charge in [-0.25, -0.2) is 13.9 Å². The van der Waals surface area contributed by atoms with Crippen LogP contribution in [0.25, 0.3) is 0 Å². The van der Waals surface area contributed by atoms with Crippen LogP contribution in [0.1, 0.15) is 6.23 Å². The minimum Gasteiger partial charge on any atom is -0.387 e. The van der Waals surface area contributed by atoms with Gasteiger partial charge in [-0.15, -0.1) is 0 Å². The molecule has 0 saturated carbocycles. The SMILES string of the molecule is Nc1ccn([C@@H]2O[C@H](COP(=O)(O)O)[C@@H](O)[C@H]2O[C@@H]2O[C@H](COP(=O)(O)O)[C@@H](O)[C@H]2O)c(=O)n1. The molecule has 8 atom stereocenters. The number of aliphatic hydroxyl groups excluding tert-OH is 3. The second-order valence-corrected chi connectivity index (χ2v) is 9.77. The van der Waals surface area contributed by atoms with E-state index in [1.54, 1.807) is 0 Å². The number of aliphatic hydroxyl groups is 3. The molecule has 0 aliphatic carbocycles. The van der Waals surface area contributed by atoms with E-state index in [1.807, 2.05) is 0 Å². The van der Waals surface area contributed by atoms with Crippen molar-refractivity contribution in [3.05, 3.63) is 22.7 Å². The molecule has 1 aromatic heterocycles. The molecule has 1 aromatic rings. The monoisotopic (exact) mass is 535 g/mol. The summed E-state index contributed by atoms with van der Waals surface area (Å²) in [5.41, 5.74) is 4.51. The Morgan fingerprint density at radius 2 is 1.53 bits per heavy atom. The van der Waals surface area contributed by atoms with Crippen molar-refractivity contribution in [2.24, 2.45) is 0 Å². The van der Waals surface area contributed by atoms with E-state index in [9.17, 15) is 29.2 Å². The van der Waals surface area contributed by atoms with Gasteiger partial charge in [0.05, 0.1) is 13.2 Å². The van der Waals surface area contributed by atoms with E-state index >= 15 is 0 Å². The van der Waals surface area contributed by atoms with Gasteiger partial charge in [0.2, 0.25) is 0 Å². The number of rotatable bonds is 9.